The van der Waals surface area contributed by atoms with Crippen molar-refractivity contribution >= 4 is 75.8 Å². The number of hydrogen-bond acceptors (Lipinski definition) is 1. The second-order valence-corrected chi connectivity index (χ2v) is 19.2. The van der Waals surface area contributed by atoms with E-state index in [1.165, 1.54) is 98.4 Å². The Kier molecular flexibility index (Phi) is 7.16. The minimum Gasteiger partial charge on any atom is -0.456 e. The molecule has 0 atom stereocenters. The molecule has 0 spiro atoms. The van der Waals surface area contributed by atoms with Crippen molar-refractivity contribution in [1.82, 2.24) is 0 Å². The molecule has 0 saturated heterocycles. The zero-order chi connectivity index (χ0) is 40.7. The van der Waals surface area contributed by atoms with Crippen LogP contribution in [0.2, 0.25) is 0 Å². The molecule has 1 aliphatic rings. The van der Waals surface area contributed by atoms with Crippen LogP contribution in [0.1, 0.15) is 52.7 Å². The van der Waals surface area contributed by atoms with Crippen LogP contribution in [0.4, 0.5) is 0 Å². The van der Waals surface area contributed by atoms with Gasteiger partial charge >= 0.3 is 0 Å². The monoisotopic (exact) mass is 770 g/mol. The maximum absolute atomic E-state index is 6.26. The molecular formula is C59H46O. The Balaban J connectivity index is 1.14. The zero-order valence-electron chi connectivity index (χ0n) is 35.1. The minimum atomic E-state index is -0.294. The van der Waals surface area contributed by atoms with E-state index in [-0.39, 0.29) is 16.2 Å². The Hall–Kier alpha value is -6.70. The molecule has 0 fully saturated rings. The van der Waals surface area contributed by atoms with E-state index in [1.54, 1.807) is 0 Å². The fourth-order valence-electron chi connectivity index (χ4n) is 12.3. The van der Waals surface area contributed by atoms with Crippen LogP contribution in [0.5, 0.6) is 0 Å². The van der Waals surface area contributed by atoms with Crippen LogP contribution in [0.3, 0.4) is 0 Å². The van der Waals surface area contributed by atoms with Crippen LogP contribution >= 0.6 is 0 Å². The molecule has 1 aliphatic carbocycles. The van der Waals surface area contributed by atoms with Crippen molar-refractivity contribution in [3.63, 3.8) is 0 Å². The lowest BCUT2D eigenvalue weighted by molar-refractivity contribution is 0.0977. The summed E-state index contributed by atoms with van der Waals surface area (Å²) in [4.78, 5) is 0. The Morgan fingerprint density at radius 1 is 0.333 bits per heavy atom. The molecule has 1 nitrogen and oxygen atoms in total. The molecule has 0 saturated carbocycles. The summed E-state index contributed by atoms with van der Waals surface area (Å²) in [6.07, 6.45) is 0. The molecule has 1 heterocycles. The van der Waals surface area contributed by atoms with Gasteiger partial charge in [-0.2, -0.15) is 0 Å². The number of fused-ring (bicyclic) bond motifs is 15. The van der Waals surface area contributed by atoms with E-state index in [4.69, 9.17) is 4.42 Å². The number of furan rings is 1. The standard InChI is InChI=1S/C59H46O/c1-57(2,3)59(58(4,5)6)55-38-30-28-36(33-35(38)27-31-48(55)54-42-20-9-7-17-39(42)40-18-8-14-25-47(40)56(54)59)52-43-21-10-12-23-45(43)53(46-24-13-11-22-44(46)52)37-29-32-51-49(34-37)41-19-15-16-26-50(41)60-51/h7-34H,1-6H3. The first kappa shape index (κ1) is 35.3. The van der Waals surface area contributed by atoms with Crippen molar-refractivity contribution in [2.45, 2.75) is 47.0 Å². The second kappa shape index (κ2) is 12.2. The van der Waals surface area contributed by atoms with Gasteiger partial charge < -0.3 is 4.42 Å². The van der Waals surface area contributed by atoms with Gasteiger partial charge in [0.1, 0.15) is 11.2 Å². The van der Waals surface area contributed by atoms with Crippen molar-refractivity contribution < 1.29 is 4.42 Å². The molecule has 0 amide bonds. The minimum absolute atomic E-state index is 0.114. The van der Waals surface area contributed by atoms with Crippen LogP contribution in [0.15, 0.2) is 174 Å². The molecule has 60 heavy (non-hydrogen) atoms. The van der Waals surface area contributed by atoms with Gasteiger partial charge in [-0.3, -0.25) is 0 Å². The van der Waals surface area contributed by atoms with Gasteiger partial charge in [0.15, 0.2) is 0 Å². The Labute approximate surface area is 350 Å². The summed E-state index contributed by atoms with van der Waals surface area (Å²) in [5, 5.41) is 15.3. The van der Waals surface area contributed by atoms with Crippen molar-refractivity contribution in [2.75, 3.05) is 0 Å². The average molecular weight is 771 g/mol. The van der Waals surface area contributed by atoms with Gasteiger partial charge in [0.2, 0.25) is 0 Å². The third kappa shape index (κ3) is 4.53. The highest BCUT2D eigenvalue weighted by Gasteiger charge is 2.59. The quantitative estimate of drug-likeness (QED) is 0.126. The molecule has 0 N–H and O–H groups in total. The number of para-hydroxylation sites is 1. The van der Waals surface area contributed by atoms with Gasteiger partial charge in [0.05, 0.1) is 0 Å². The van der Waals surface area contributed by atoms with Crippen LogP contribution in [0.25, 0.3) is 109 Å². The highest BCUT2D eigenvalue weighted by Crippen LogP contribution is 2.68. The lowest BCUT2D eigenvalue weighted by atomic mass is 9.49. The predicted octanol–water partition coefficient (Wildman–Crippen LogP) is 17.0. The Bertz CT molecular complexity index is 3550. The van der Waals surface area contributed by atoms with Gasteiger partial charge in [0.25, 0.3) is 0 Å². The van der Waals surface area contributed by atoms with E-state index in [1.807, 2.05) is 6.07 Å². The molecule has 1 heteroatoms. The first-order chi connectivity index (χ1) is 29.1. The summed E-state index contributed by atoms with van der Waals surface area (Å²) >= 11 is 0. The van der Waals surface area contributed by atoms with Crippen molar-refractivity contribution in [3.8, 4) is 33.4 Å². The summed E-state index contributed by atoms with van der Waals surface area (Å²) in [7, 11) is 0. The maximum atomic E-state index is 6.26. The first-order valence-corrected chi connectivity index (χ1v) is 21.4. The third-order valence-electron chi connectivity index (χ3n) is 14.1. The summed E-state index contributed by atoms with van der Waals surface area (Å²) < 4.78 is 6.26. The smallest absolute Gasteiger partial charge is 0.135 e. The first-order valence-electron chi connectivity index (χ1n) is 21.4. The molecule has 0 bridgehead atoms. The normalized spacial score (nSPS) is 14.0. The number of rotatable bonds is 2. The topological polar surface area (TPSA) is 13.1 Å². The van der Waals surface area contributed by atoms with Gasteiger partial charge in [-0.15, -0.1) is 0 Å². The van der Waals surface area contributed by atoms with Crippen LogP contribution in [0, 0.1) is 10.8 Å². The molecule has 0 aliphatic heterocycles. The molecule has 1 aromatic heterocycles. The number of benzene rings is 10. The van der Waals surface area contributed by atoms with E-state index in [9.17, 15) is 0 Å². The van der Waals surface area contributed by atoms with E-state index in [0.717, 1.165) is 21.9 Å². The summed E-state index contributed by atoms with van der Waals surface area (Å²) in [5.41, 5.74) is 12.0. The third-order valence-corrected chi connectivity index (χ3v) is 14.1. The Morgan fingerprint density at radius 2 is 0.783 bits per heavy atom. The lowest BCUT2D eigenvalue weighted by Crippen LogP contribution is -2.50. The van der Waals surface area contributed by atoms with E-state index in [0.29, 0.717) is 0 Å². The molecule has 12 rings (SSSR count). The van der Waals surface area contributed by atoms with E-state index < -0.39 is 0 Å². The molecule has 10 aromatic carbocycles. The molecule has 288 valence electrons. The molecule has 0 unspecified atom stereocenters. The summed E-state index contributed by atoms with van der Waals surface area (Å²) in [6.45, 7) is 14.8. The SMILES string of the molecule is CC(C)(C)C1(C(C)(C)C)c2c(ccc3cc(-c4c5ccccc5c(-c5ccc6oc7ccccc7c6c5)c5ccccc45)ccc23)-c2c1c1ccccc1c1ccccc21. The van der Waals surface area contributed by atoms with Crippen LogP contribution < -0.4 is 0 Å². The lowest BCUT2D eigenvalue weighted by Gasteiger charge is -2.54. The van der Waals surface area contributed by atoms with Gasteiger partial charge in [-0.1, -0.05) is 187 Å². The van der Waals surface area contributed by atoms with E-state index in [2.05, 4.69) is 205 Å². The van der Waals surface area contributed by atoms with Crippen molar-refractivity contribution in [3.05, 3.63) is 181 Å². The average Bonchev–Trinajstić information content (AvgIpc) is 3.80. The van der Waals surface area contributed by atoms with Crippen LogP contribution in [-0.2, 0) is 5.41 Å². The van der Waals surface area contributed by atoms with Crippen molar-refractivity contribution in [2.24, 2.45) is 10.8 Å². The highest BCUT2D eigenvalue weighted by atomic mass is 16.3. The summed E-state index contributed by atoms with van der Waals surface area (Å²) in [6, 6.07) is 63.5. The Morgan fingerprint density at radius 3 is 1.37 bits per heavy atom. The molecule has 0 radical (unpaired) electrons. The van der Waals surface area contributed by atoms with Crippen molar-refractivity contribution in [1.29, 1.82) is 0 Å². The second-order valence-electron chi connectivity index (χ2n) is 19.2. The maximum Gasteiger partial charge on any atom is 0.135 e. The summed E-state index contributed by atoms with van der Waals surface area (Å²) in [5.74, 6) is 0. The zero-order valence-corrected chi connectivity index (χ0v) is 35.1. The largest absolute Gasteiger partial charge is 0.456 e. The van der Waals surface area contributed by atoms with Gasteiger partial charge in [0, 0.05) is 16.2 Å². The van der Waals surface area contributed by atoms with Gasteiger partial charge in [-0.05, 0) is 133 Å². The molecule has 11 aromatic rings. The predicted molar refractivity (Wildman–Crippen MR) is 257 cm³/mol. The highest BCUT2D eigenvalue weighted by molar-refractivity contribution is 6.23. The fraction of sp³-hybridized carbons (Fsp3) is 0.153. The van der Waals surface area contributed by atoms with Crippen LogP contribution in [-0.4, -0.2) is 0 Å². The number of hydrogen-bond donors (Lipinski definition) is 0. The fourth-order valence-corrected chi connectivity index (χ4v) is 12.3. The van der Waals surface area contributed by atoms with Gasteiger partial charge in [-0.25, -0.2) is 0 Å². The van der Waals surface area contributed by atoms with E-state index >= 15 is 0 Å². The molecular weight excluding hydrogens is 725 g/mol.